The fourth-order valence-corrected chi connectivity index (χ4v) is 3.30. The van der Waals surface area contributed by atoms with E-state index in [9.17, 15) is 14.7 Å². The summed E-state index contributed by atoms with van der Waals surface area (Å²) in [5, 5.41) is 17.2. The van der Waals surface area contributed by atoms with Gasteiger partial charge in [-0.15, -0.1) is 0 Å². The van der Waals surface area contributed by atoms with E-state index in [0.29, 0.717) is 17.8 Å². The number of aromatic nitrogens is 4. The predicted molar refractivity (Wildman–Crippen MR) is 94.5 cm³/mol. The number of fused-ring (bicyclic) bond motifs is 1. The molecule has 0 radical (unpaired) electrons. The highest BCUT2D eigenvalue weighted by Gasteiger charge is 2.44. The Balaban J connectivity index is 1.85. The van der Waals surface area contributed by atoms with Crippen LogP contribution >= 0.6 is 0 Å². The van der Waals surface area contributed by atoms with Gasteiger partial charge < -0.3 is 10.1 Å². The summed E-state index contributed by atoms with van der Waals surface area (Å²) in [6, 6.07) is 6.23. The second-order valence-electron chi connectivity index (χ2n) is 6.13. The van der Waals surface area contributed by atoms with Gasteiger partial charge in [0.05, 0.1) is 28.6 Å². The van der Waals surface area contributed by atoms with Crippen molar-refractivity contribution in [2.45, 2.75) is 25.8 Å². The normalized spacial score (nSPS) is 17.5. The molecule has 3 heterocycles. The highest BCUT2D eigenvalue weighted by Crippen LogP contribution is 2.41. The van der Waals surface area contributed by atoms with Crippen LogP contribution in [0.25, 0.3) is 11.0 Å². The van der Waals surface area contributed by atoms with Crippen LogP contribution in [0.3, 0.4) is 0 Å². The fraction of sp³-hybridized carbons (Fsp3) is 0.222. The second kappa shape index (κ2) is 6.14. The number of aromatic amines is 2. The van der Waals surface area contributed by atoms with E-state index in [4.69, 9.17) is 0 Å². The van der Waals surface area contributed by atoms with Crippen molar-refractivity contribution in [3.05, 3.63) is 53.8 Å². The number of ketones is 1. The summed E-state index contributed by atoms with van der Waals surface area (Å²) in [5.74, 6) is -1.36. The number of hydrogen-bond donors (Lipinski definition) is 3. The van der Waals surface area contributed by atoms with Crippen molar-refractivity contribution in [3.8, 4) is 0 Å². The third kappa shape index (κ3) is 2.38. The summed E-state index contributed by atoms with van der Waals surface area (Å²) in [7, 11) is 0. The molecule has 0 bridgehead atoms. The quantitative estimate of drug-likeness (QED) is 0.653. The summed E-state index contributed by atoms with van der Waals surface area (Å²) in [5.41, 5.74) is 2.74. The number of nitrogens with one attached hydrogen (secondary N) is 2. The Morgan fingerprint density at radius 3 is 2.92 bits per heavy atom. The van der Waals surface area contributed by atoms with Gasteiger partial charge in [0.2, 0.25) is 0 Å². The lowest BCUT2D eigenvalue weighted by atomic mass is 9.97. The van der Waals surface area contributed by atoms with Crippen LogP contribution in [0.1, 0.15) is 31.5 Å². The fourth-order valence-electron chi connectivity index (χ4n) is 3.30. The first kappa shape index (κ1) is 16.1. The van der Waals surface area contributed by atoms with Gasteiger partial charge in [-0.3, -0.25) is 19.6 Å². The molecule has 3 N–H and O–H groups in total. The average molecular weight is 351 g/mol. The van der Waals surface area contributed by atoms with E-state index < -0.39 is 17.7 Å². The minimum absolute atomic E-state index is 0.103. The van der Waals surface area contributed by atoms with Crippen LogP contribution in [0, 0.1) is 0 Å². The molecule has 4 rings (SSSR count). The van der Waals surface area contributed by atoms with E-state index in [1.807, 2.05) is 6.92 Å². The average Bonchev–Trinajstić information content (AvgIpc) is 3.35. The molecule has 1 unspecified atom stereocenters. The first-order valence-electron chi connectivity index (χ1n) is 8.34. The largest absolute Gasteiger partial charge is 0.503 e. The number of hydrogen-bond acceptors (Lipinski definition) is 5. The van der Waals surface area contributed by atoms with Crippen LogP contribution in [0.2, 0.25) is 0 Å². The van der Waals surface area contributed by atoms with Gasteiger partial charge in [0.1, 0.15) is 6.04 Å². The molecule has 0 saturated heterocycles. The number of amides is 1. The standard InChI is InChI=1S/C18H17N5O3/c1-2-3-14(24)15-16(12-6-7-21-22-12)23(18(26)17(15)25)10-4-5-11-13(8-10)20-9-19-11/h4-9,16,25H,2-3H2,1H3,(H,19,20)(H,21,22). The molecule has 3 aromatic rings. The van der Waals surface area contributed by atoms with Gasteiger partial charge in [-0.1, -0.05) is 6.92 Å². The van der Waals surface area contributed by atoms with Gasteiger partial charge in [-0.25, -0.2) is 4.98 Å². The Morgan fingerprint density at radius 2 is 2.19 bits per heavy atom. The van der Waals surface area contributed by atoms with Crippen LogP contribution < -0.4 is 4.90 Å². The maximum Gasteiger partial charge on any atom is 0.294 e. The summed E-state index contributed by atoms with van der Waals surface area (Å²) in [6.45, 7) is 1.88. The number of aliphatic hydroxyl groups excluding tert-OH is 1. The lowest BCUT2D eigenvalue weighted by Gasteiger charge is -2.25. The van der Waals surface area contributed by atoms with E-state index in [0.717, 1.165) is 11.0 Å². The van der Waals surface area contributed by atoms with E-state index in [1.54, 1.807) is 36.8 Å². The maximum absolute atomic E-state index is 12.8. The molecular weight excluding hydrogens is 334 g/mol. The second-order valence-corrected chi connectivity index (χ2v) is 6.13. The zero-order chi connectivity index (χ0) is 18.3. The van der Waals surface area contributed by atoms with E-state index in [1.165, 1.54) is 4.90 Å². The molecule has 0 saturated carbocycles. The molecule has 0 spiro atoms. The number of nitrogens with zero attached hydrogens (tertiary/aromatic N) is 3. The third-order valence-corrected chi connectivity index (χ3v) is 4.48. The molecule has 2 aromatic heterocycles. The number of carbonyl (C=O) groups excluding carboxylic acids is 2. The number of Topliss-reactive ketones (excluding diaryl/α,β-unsaturated/α-hetero) is 1. The smallest absolute Gasteiger partial charge is 0.294 e. The number of carbonyl (C=O) groups is 2. The molecule has 1 aliphatic heterocycles. The van der Waals surface area contributed by atoms with Crippen molar-refractivity contribution >= 4 is 28.4 Å². The minimum Gasteiger partial charge on any atom is -0.503 e. The van der Waals surface area contributed by atoms with Gasteiger partial charge in [0.15, 0.2) is 11.5 Å². The highest BCUT2D eigenvalue weighted by atomic mass is 16.3. The van der Waals surface area contributed by atoms with Crippen molar-refractivity contribution in [2.24, 2.45) is 0 Å². The first-order valence-corrected chi connectivity index (χ1v) is 8.34. The Hall–Kier alpha value is -3.42. The Bertz CT molecular complexity index is 1020. The number of benzene rings is 1. The van der Waals surface area contributed by atoms with Crippen LogP contribution in [0.15, 0.2) is 48.1 Å². The van der Waals surface area contributed by atoms with Gasteiger partial charge in [-0.05, 0) is 30.7 Å². The van der Waals surface area contributed by atoms with E-state index in [-0.39, 0.29) is 17.8 Å². The summed E-state index contributed by atoms with van der Waals surface area (Å²) in [6.07, 6.45) is 4.00. The lowest BCUT2D eigenvalue weighted by Crippen LogP contribution is -2.31. The highest BCUT2D eigenvalue weighted by molar-refractivity contribution is 6.16. The van der Waals surface area contributed by atoms with Crippen LogP contribution in [0.5, 0.6) is 0 Å². The SMILES string of the molecule is CCCC(=O)C1=C(O)C(=O)N(c2ccc3nc[nH]c3c2)C1c1ccn[nH]1. The molecule has 8 heteroatoms. The summed E-state index contributed by atoms with van der Waals surface area (Å²) < 4.78 is 0. The van der Waals surface area contributed by atoms with Gasteiger partial charge >= 0.3 is 0 Å². The van der Waals surface area contributed by atoms with Crippen molar-refractivity contribution < 1.29 is 14.7 Å². The van der Waals surface area contributed by atoms with Gasteiger partial charge in [-0.2, -0.15) is 5.10 Å². The van der Waals surface area contributed by atoms with Gasteiger partial charge in [0, 0.05) is 18.3 Å². The zero-order valence-electron chi connectivity index (χ0n) is 14.1. The van der Waals surface area contributed by atoms with Crippen LogP contribution in [0.4, 0.5) is 5.69 Å². The summed E-state index contributed by atoms with van der Waals surface area (Å²) >= 11 is 0. The monoisotopic (exact) mass is 351 g/mol. The molecular formula is C18H17N5O3. The summed E-state index contributed by atoms with van der Waals surface area (Å²) in [4.78, 5) is 34.0. The molecule has 132 valence electrons. The Morgan fingerprint density at radius 1 is 1.35 bits per heavy atom. The Kier molecular flexibility index (Phi) is 3.80. The third-order valence-electron chi connectivity index (χ3n) is 4.48. The molecule has 1 atom stereocenters. The number of anilines is 1. The predicted octanol–water partition coefficient (Wildman–Crippen LogP) is 2.56. The van der Waals surface area contributed by atoms with Crippen molar-refractivity contribution in [1.82, 2.24) is 20.2 Å². The van der Waals surface area contributed by atoms with Gasteiger partial charge in [0.25, 0.3) is 5.91 Å². The number of aliphatic hydroxyl groups is 1. The van der Waals surface area contributed by atoms with E-state index >= 15 is 0 Å². The van der Waals surface area contributed by atoms with Crippen LogP contribution in [-0.4, -0.2) is 37.0 Å². The van der Waals surface area contributed by atoms with Crippen molar-refractivity contribution in [1.29, 1.82) is 0 Å². The van der Waals surface area contributed by atoms with Crippen LogP contribution in [-0.2, 0) is 9.59 Å². The number of imidazole rings is 1. The molecule has 8 nitrogen and oxygen atoms in total. The number of rotatable bonds is 5. The molecule has 0 fully saturated rings. The first-order chi connectivity index (χ1) is 12.6. The lowest BCUT2D eigenvalue weighted by molar-refractivity contribution is -0.118. The molecule has 26 heavy (non-hydrogen) atoms. The maximum atomic E-state index is 12.8. The van der Waals surface area contributed by atoms with E-state index in [2.05, 4.69) is 20.2 Å². The Labute approximate surface area is 148 Å². The zero-order valence-corrected chi connectivity index (χ0v) is 14.1. The van der Waals surface area contributed by atoms with Crippen molar-refractivity contribution in [3.63, 3.8) is 0 Å². The minimum atomic E-state index is -0.746. The molecule has 1 aromatic carbocycles. The molecule has 0 aliphatic carbocycles. The topological polar surface area (TPSA) is 115 Å². The molecule has 1 amide bonds. The molecule has 1 aliphatic rings. The number of H-pyrrole nitrogens is 2. The van der Waals surface area contributed by atoms with Crippen molar-refractivity contribution in [2.75, 3.05) is 4.90 Å².